The fourth-order valence-electron chi connectivity index (χ4n) is 2.26. The molecule has 1 atom stereocenters. The number of rotatable bonds is 2. The largest absolute Gasteiger partial charge is 0.384 e. The van der Waals surface area contributed by atoms with Gasteiger partial charge in [-0.2, -0.15) is 0 Å². The lowest BCUT2D eigenvalue weighted by atomic mass is 9.98. The van der Waals surface area contributed by atoms with Gasteiger partial charge in [-0.05, 0) is 36.2 Å². The van der Waals surface area contributed by atoms with Crippen molar-refractivity contribution in [3.8, 4) is 0 Å². The first-order valence-corrected chi connectivity index (χ1v) is 6.26. The Bertz CT molecular complexity index is 752. The third kappa shape index (κ3) is 2.08. The summed E-state index contributed by atoms with van der Waals surface area (Å²) in [5.41, 5.74) is 9.67. The SMILES string of the molecule is Cc1ccnc(N)c1C(O)c1ccc2nccnc2c1. The molecule has 0 radical (unpaired) electrons. The summed E-state index contributed by atoms with van der Waals surface area (Å²) >= 11 is 0. The zero-order valence-electron chi connectivity index (χ0n) is 11.0. The molecule has 0 spiro atoms. The molecular formula is C15H14N4O. The van der Waals surface area contributed by atoms with Crippen LogP contribution in [0.15, 0.2) is 42.9 Å². The molecule has 1 aromatic carbocycles. The van der Waals surface area contributed by atoms with Gasteiger partial charge in [0.2, 0.25) is 0 Å². The van der Waals surface area contributed by atoms with E-state index in [-0.39, 0.29) is 0 Å². The van der Waals surface area contributed by atoms with Gasteiger partial charge in [-0.1, -0.05) is 6.07 Å². The topological polar surface area (TPSA) is 84.9 Å². The Balaban J connectivity index is 2.10. The fourth-order valence-corrected chi connectivity index (χ4v) is 2.26. The monoisotopic (exact) mass is 266 g/mol. The smallest absolute Gasteiger partial charge is 0.129 e. The second kappa shape index (κ2) is 4.86. The van der Waals surface area contributed by atoms with Crippen LogP contribution in [0.5, 0.6) is 0 Å². The minimum Gasteiger partial charge on any atom is -0.384 e. The molecule has 5 heteroatoms. The molecule has 0 bridgehead atoms. The lowest BCUT2D eigenvalue weighted by Gasteiger charge is -2.16. The van der Waals surface area contributed by atoms with Crippen molar-refractivity contribution in [1.82, 2.24) is 15.0 Å². The van der Waals surface area contributed by atoms with Crippen LogP contribution < -0.4 is 5.73 Å². The molecule has 2 heterocycles. The summed E-state index contributed by atoms with van der Waals surface area (Å²) < 4.78 is 0. The van der Waals surface area contributed by atoms with Crippen LogP contribution in [0.25, 0.3) is 11.0 Å². The quantitative estimate of drug-likeness (QED) is 0.741. The van der Waals surface area contributed by atoms with Gasteiger partial charge >= 0.3 is 0 Å². The van der Waals surface area contributed by atoms with Crippen LogP contribution in [0.2, 0.25) is 0 Å². The predicted octanol–water partition coefficient (Wildman–Crippen LogP) is 2.00. The van der Waals surface area contributed by atoms with Crippen LogP contribution in [-0.2, 0) is 0 Å². The van der Waals surface area contributed by atoms with E-state index >= 15 is 0 Å². The first kappa shape index (κ1) is 12.5. The Hall–Kier alpha value is -2.53. The maximum Gasteiger partial charge on any atom is 0.129 e. The molecule has 20 heavy (non-hydrogen) atoms. The average molecular weight is 266 g/mol. The Labute approximate surface area is 116 Å². The zero-order valence-corrected chi connectivity index (χ0v) is 11.0. The Morgan fingerprint density at radius 2 is 1.75 bits per heavy atom. The summed E-state index contributed by atoms with van der Waals surface area (Å²) in [6.07, 6.45) is 4.08. The maximum atomic E-state index is 10.5. The first-order valence-electron chi connectivity index (χ1n) is 6.26. The van der Waals surface area contributed by atoms with Gasteiger partial charge < -0.3 is 10.8 Å². The second-order valence-corrected chi connectivity index (χ2v) is 4.63. The molecule has 3 N–H and O–H groups in total. The summed E-state index contributed by atoms with van der Waals surface area (Å²) in [4.78, 5) is 12.5. The van der Waals surface area contributed by atoms with Crippen molar-refractivity contribution in [2.75, 3.05) is 5.73 Å². The van der Waals surface area contributed by atoms with Gasteiger partial charge in [0.25, 0.3) is 0 Å². The molecule has 5 nitrogen and oxygen atoms in total. The molecule has 0 aliphatic heterocycles. The highest BCUT2D eigenvalue weighted by molar-refractivity contribution is 5.74. The van der Waals surface area contributed by atoms with Crippen molar-refractivity contribution in [1.29, 1.82) is 0 Å². The van der Waals surface area contributed by atoms with E-state index in [4.69, 9.17) is 5.73 Å². The van der Waals surface area contributed by atoms with Gasteiger partial charge in [-0.3, -0.25) is 9.97 Å². The van der Waals surface area contributed by atoms with Crippen LogP contribution in [0.4, 0.5) is 5.82 Å². The van der Waals surface area contributed by atoms with Crippen molar-refractivity contribution in [3.63, 3.8) is 0 Å². The van der Waals surface area contributed by atoms with E-state index in [9.17, 15) is 5.11 Å². The highest BCUT2D eigenvalue weighted by atomic mass is 16.3. The number of aliphatic hydroxyl groups excluding tert-OH is 1. The Morgan fingerprint density at radius 3 is 2.50 bits per heavy atom. The maximum absolute atomic E-state index is 10.5. The normalized spacial score (nSPS) is 12.5. The minimum absolute atomic E-state index is 0.344. The van der Waals surface area contributed by atoms with E-state index in [1.807, 2.05) is 31.2 Å². The molecule has 1 unspecified atom stereocenters. The van der Waals surface area contributed by atoms with Gasteiger partial charge in [-0.25, -0.2) is 4.98 Å². The van der Waals surface area contributed by atoms with Gasteiger partial charge in [0, 0.05) is 24.2 Å². The number of pyridine rings is 1. The van der Waals surface area contributed by atoms with E-state index in [0.717, 1.165) is 22.2 Å². The summed E-state index contributed by atoms with van der Waals surface area (Å²) in [6.45, 7) is 1.90. The number of hydrogen-bond acceptors (Lipinski definition) is 5. The number of aliphatic hydroxyl groups is 1. The van der Waals surface area contributed by atoms with Gasteiger partial charge in [-0.15, -0.1) is 0 Å². The minimum atomic E-state index is -0.824. The average Bonchev–Trinajstić information content (AvgIpc) is 2.46. The summed E-state index contributed by atoms with van der Waals surface area (Å²) in [7, 11) is 0. The molecule has 0 saturated heterocycles. The lowest BCUT2D eigenvalue weighted by Crippen LogP contribution is -2.07. The molecule has 0 aliphatic rings. The van der Waals surface area contributed by atoms with Crippen LogP contribution >= 0.6 is 0 Å². The number of nitrogens with two attached hydrogens (primary N) is 1. The van der Waals surface area contributed by atoms with E-state index in [1.54, 1.807) is 18.6 Å². The highest BCUT2D eigenvalue weighted by Gasteiger charge is 2.17. The number of benzene rings is 1. The van der Waals surface area contributed by atoms with Crippen molar-refractivity contribution in [3.05, 3.63) is 59.5 Å². The van der Waals surface area contributed by atoms with Crippen LogP contribution in [0, 0.1) is 6.92 Å². The summed E-state index contributed by atoms with van der Waals surface area (Å²) in [5.74, 6) is 0.344. The third-order valence-electron chi connectivity index (χ3n) is 3.32. The number of nitrogens with zero attached hydrogens (tertiary/aromatic N) is 3. The lowest BCUT2D eigenvalue weighted by molar-refractivity contribution is 0.220. The van der Waals surface area contributed by atoms with Crippen LogP contribution in [-0.4, -0.2) is 20.1 Å². The standard InChI is InChI=1S/C15H14N4O/c1-9-4-5-19-15(16)13(9)14(20)10-2-3-11-12(8-10)18-7-6-17-11/h2-8,14,20H,1H3,(H2,16,19). The molecule has 3 rings (SSSR count). The molecule has 0 fully saturated rings. The van der Waals surface area contributed by atoms with E-state index in [1.165, 1.54) is 0 Å². The van der Waals surface area contributed by atoms with Crippen molar-refractivity contribution in [2.24, 2.45) is 0 Å². The van der Waals surface area contributed by atoms with Gasteiger partial charge in [0.05, 0.1) is 11.0 Å². The van der Waals surface area contributed by atoms with Gasteiger partial charge in [0.15, 0.2) is 0 Å². The van der Waals surface area contributed by atoms with E-state index in [0.29, 0.717) is 11.4 Å². The fraction of sp³-hybridized carbons (Fsp3) is 0.133. The third-order valence-corrected chi connectivity index (χ3v) is 3.32. The molecular weight excluding hydrogens is 252 g/mol. The highest BCUT2D eigenvalue weighted by Crippen LogP contribution is 2.29. The van der Waals surface area contributed by atoms with Crippen LogP contribution in [0.3, 0.4) is 0 Å². The van der Waals surface area contributed by atoms with Crippen molar-refractivity contribution in [2.45, 2.75) is 13.0 Å². The molecule has 3 aromatic rings. The zero-order chi connectivity index (χ0) is 14.1. The number of nitrogen functional groups attached to an aromatic ring is 1. The molecule has 0 saturated carbocycles. The number of aromatic nitrogens is 3. The first-order chi connectivity index (χ1) is 9.66. The number of aryl methyl sites for hydroxylation is 1. The van der Waals surface area contributed by atoms with E-state index < -0.39 is 6.10 Å². The van der Waals surface area contributed by atoms with Gasteiger partial charge in [0.1, 0.15) is 11.9 Å². The molecule has 0 amide bonds. The predicted molar refractivity (Wildman–Crippen MR) is 77.0 cm³/mol. The Kier molecular flexibility index (Phi) is 3.04. The summed E-state index contributed by atoms with van der Waals surface area (Å²) in [5, 5.41) is 10.5. The van der Waals surface area contributed by atoms with Crippen molar-refractivity contribution >= 4 is 16.9 Å². The van der Waals surface area contributed by atoms with E-state index in [2.05, 4.69) is 15.0 Å². The molecule has 2 aromatic heterocycles. The Morgan fingerprint density at radius 1 is 1.00 bits per heavy atom. The number of anilines is 1. The molecule has 0 aliphatic carbocycles. The molecule has 100 valence electrons. The number of hydrogen-bond donors (Lipinski definition) is 2. The number of fused-ring (bicyclic) bond motifs is 1. The van der Waals surface area contributed by atoms with Crippen molar-refractivity contribution < 1.29 is 5.11 Å². The van der Waals surface area contributed by atoms with Crippen LogP contribution in [0.1, 0.15) is 22.8 Å². The second-order valence-electron chi connectivity index (χ2n) is 4.63. The summed E-state index contributed by atoms with van der Waals surface area (Å²) in [6, 6.07) is 7.31.